The topological polar surface area (TPSA) is 63.8 Å². The first-order chi connectivity index (χ1) is 10.0. The Bertz CT molecular complexity index is 633. The minimum absolute atomic E-state index is 0.0912. The van der Waals surface area contributed by atoms with Crippen molar-refractivity contribution in [2.24, 2.45) is 5.84 Å². The fourth-order valence-corrected chi connectivity index (χ4v) is 2.70. The Morgan fingerprint density at radius 2 is 2.10 bits per heavy atom. The lowest BCUT2D eigenvalue weighted by molar-refractivity contribution is 0.540. The Hall–Kier alpha value is -1.37. The van der Waals surface area contributed by atoms with Crippen molar-refractivity contribution in [2.75, 3.05) is 0 Å². The number of aryl methyl sites for hydroxylation is 2. The summed E-state index contributed by atoms with van der Waals surface area (Å²) in [4.78, 5) is 0. The average Bonchev–Trinajstić information content (AvgIpc) is 2.48. The summed E-state index contributed by atoms with van der Waals surface area (Å²) >= 11 is 3.20. The minimum atomic E-state index is -0.272. The SMILES string of the molecule is CCc1nnc(C)cc1C(Cc1ccc(F)c(Br)c1)NN. The first-order valence-electron chi connectivity index (χ1n) is 6.78. The maximum Gasteiger partial charge on any atom is 0.137 e. The molecule has 112 valence electrons. The molecule has 2 rings (SSSR count). The summed E-state index contributed by atoms with van der Waals surface area (Å²) in [6, 6.07) is 6.88. The molecule has 0 amide bonds. The van der Waals surface area contributed by atoms with E-state index in [1.54, 1.807) is 12.1 Å². The first-order valence-corrected chi connectivity index (χ1v) is 7.57. The van der Waals surface area contributed by atoms with E-state index in [0.717, 1.165) is 28.9 Å². The Kier molecular flexibility index (Phi) is 5.39. The maximum absolute atomic E-state index is 13.3. The van der Waals surface area contributed by atoms with Crippen molar-refractivity contribution in [3.63, 3.8) is 0 Å². The van der Waals surface area contributed by atoms with Gasteiger partial charge in [-0.05, 0) is 65.0 Å². The van der Waals surface area contributed by atoms with Crippen molar-refractivity contribution in [3.05, 3.63) is 57.1 Å². The summed E-state index contributed by atoms with van der Waals surface area (Å²) in [5.41, 5.74) is 6.62. The molecule has 1 atom stereocenters. The van der Waals surface area contributed by atoms with Gasteiger partial charge in [-0.2, -0.15) is 10.2 Å². The molecule has 0 saturated carbocycles. The predicted molar refractivity (Wildman–Crippen MR) is 84.0 cm³/mol. The van der Waals surface area contributed by atoms with Gasteiger partial charge in [0.2, 0.25) is 0 Å². The van der Waals surface area contributed by atoms with Crippen LogP contribution in [0.2, 0.25) is 0 Å². The van der Waals surface area contributed by atoms with E-state index < -0.39 is 0 Å². The average molecular weight is 353 g/mol. The van der Waals surface area contributed by atoms with Gasteiger partial charge in [-0.15, -0.1) is 0 Å². The lowest BCUT2D eigenvalue weighted by Crippen LogP contribution is -2.30. The molecule has 0 aliphatic carbocycles. The van der Waals surface area contributed by atoms with Crippen LogP contribution in [0.15, 0.2) is 28.7 Å². The second-order valence-electron chi connectivity index (χ2n) is 4.91. The highest BCUT2D eigenvalue weighted by atomic mass is 79.9. The molecule has 3 N–H and O–H groups in total. The van der Waals surface area contributed by atoms with E-state index in [9.17, 15) is 4.39 Å². The third kappa shape index (κ3) is 3.84. The highest BCUT2D eigenvalue weighted by Crippen LogP contribution is 2.24. The highest BCUT2D eigenvalue weighted by molar-refractivity contribution is 9.10. The monoisotopic (exact) mass is 352 g/mol. The molecule has 0 spiro atoms. The number of nitrogens with zero attached hydrogens (tertiary/aromatic N) is 2. The maximum atomic E-state index is 13.3. The smallest absolute Gasteiger partial charge is 0.137 e. The van der Waals surface area contributed by atoms with Crippen molar-refractivity contribution >= 4 is 15.9 Å². The number of aromatic nitrogens is 2. The zero-order valence-electron chi connectivity index (χ0n) is 12.0. The van der Waals surface area contributed by atoms with Crippen LogP contribution in [-0.4, -0.2) is 10.2 Å². The van der Waals surface area contributed by atoms with Crippen molar-refractivity contribution in [2.45, 2.75) is 32.7 Å². The molecule has 2 aromatic rings. The lowest BCUT2D eigenvalue weighted by atomic mass is 9.97. The predicted octanol–water partition coefficient (Wildman–Crippen LogP) is 3.00. The van der Waals surface area contributed by atoms with E-state index in [1.165, 1.54) is 6.07 Å². The quantitative estimate of drug-likeness (QED) is 0.641. The van der Waals surface area contributed by atoms with Crippen LogP contribution in [0.5, 0.6) is 0 Å². The van der Waals surface area contributed by atoms with E-state index in [2.05, 4.69) is 31.6 Å². The summed E-state index contributed by atoms with van der Waals surface area (Å²) in [7, 11) is 0. The van der Waals surface area contributed by atoms with Crippen LogP contribution in [0.25, 0.3) is 0 Å². The minimum Gasteiger partial charge on any atom is -0.271 e. The molecular formula is C15H18BrFN4. The molecule has 4 nitrogen and oxygen atoms in total. The van der Waals surface area contributed by atoms with Gasteiger partial charge in [0.1, 0.15) is 5.82 Å². The van der Waals surface area contributed by atoms with Gasteiger partial charge in [0.05, 0.1) is 21.9 Å². The standard InChI is InChI=1S/C15H18BrFN4/c1-3-14-11(6-9(2)20-21-14)15(19-18)8-10-4-5-13(17)12(16)7-10/h4-7,15,19H,3,8,18H2,1-2H3. The number of rotatable bonds is 5. The Morgan fingerprint density at radius 1 is 1.33 bits per heavy atom. The third-order valence-electron chi connectivity index (χ3n) is 3.36. The Labute approximate surface area is 132 Å². The summed E-state index contributed by atoms with van der Waals surface area (Å²) in [5, 5.41) is 8.31. The van der Waals surface area contributed by atoms with Gasteiger partial charge in [-0.3, -0.25) is 11.3 Å². The van der Waals surface area contributed by atoms with E-state index in [1.807, 2.05) is 19.9 Å². The van der Waals surface area contributed by atoms with Crippen LogP contribution in [0.3, 0.4) is 0 Å². The van der Waals surface area contributed by atoms with E-state index in [4.69, 9.17) is 5.84 Å². The van der Waals surface area contributed by atoms with Gasteiger partial charge >= 0.3 is 0 Å². The normalized spacial score (nSPS) is 12.4. The molecule has 1 unspecified atom stereocenters. The number of nitrogens with two attached hydrogens (primary N) is 1. The van der Waals surface area contributed by atoms with Crippen LogP contribution in [0.1, 0.15) is 35.5 Å². The molecule has 0 aliphatic heterocycles. The molecule has 0 saturated heterocycles. The molecule has 21 heavy (non-hydrogen) atoms. The van der Waals surface area contributed by atoms with Crippen LogP contribution in [-0.2, 0) is 12.8 Å². The van der Waals surface area contributed by atoms with E-state index in [-0.39, 0.29) is 11.9 Å². The van der Waals surface area contributed by atoms with Gasteiger partial charge < -0.3 is 0 Å². The van der Waals surface area contributed by atoms with Gasteiger partial charge in [-0.25, -0.2) is 4.39 Å². The van der Waals surface area contributed by atoms with Crippen LogP contribution in [0.4, 0.5) is 4.39 Å². The van der Waals surface area contributed by atoms with Crippen molar-refractivity contribution < 1.29 is 4.39 Å². The molecule has 0 radical (unpaired) electrons. The van der Waals surface area contributed by atoms with Crippen LogP contribution in [0, 0.1) is 12.7 Å². The largest absolute Gasteiger partial charge is 0.271 e. The van der Waals surface area contributed by atoms with Crippen LogP contribution >= 0.6 is 15.9 Å². The summed E-state index contributed by atoms with van der Waals surface area (Å²) < 4.78 is 13.8. The van der Waals surface area contributed by atoms with Crippen molar-refractivity contribution in [1.82, 2.24) is 15.6 Å². The second kappa shape index (κ2) is 7.06. The number of hydrazine groups is 1. The molecule has 1 aromatic carbocycles. The molecular weight excluding hydrogens is 335 g/mol. The molecule has 1 heterocycles. The number of hydrogen-bond acceptors (Lipinski definition) is 4. The number of halogens is 2. The lowest BCUT2D eigenvalue weighted by Gasteiger charge is -2.19. The summed E-state index contributed by atoms with van der Waals surface area (Å²) in [5.74, 6) is 5.44. The van der Waals surface area contributed by atoms with Crippen molar-refractivity contribution in [3.8, 4) is 0 Å². The number of benzene rings is 1. The third-order valence-corrected chi connectivity index (χ3v) is 3.97. The molecule has 6 heteroatoms. The second-order valence-corrected chi connectivity index (χ2v) is 5.77. The van der Waals surface area contributed by atoms with Crippen molar-refractivity contribution in [1.29, 1.82) is 0 Å². The van der Waals surface area contributed by atoms with Gasteiger partial charge in [0, 0.05) is 0 Å². The van der Waals surface area contributed by atoms with E-state index in [0.29, 0.717) is 10.9 Å². The zero-order valence-corrected chi connectivity index (χ0v) is 13.6. The summed E-state index contributed by atoms with van der Waals surface area (Å²) in [6.45, 7) is 3.93. The molecule has 0 aliphatic rings. The molecule has 0 fully saturated rings. The number of hydrogen-bond donors (Lipinski definition) is 2. The van der Waals surface area contributed by atoms with E-state index >= 15 is 0 Å². The molecule has 1 aromatic heterocycles. The van der Waals surface area contributed by atoms with Gasteiger partial charge in [-0.1, -0.05) is 13.0 Å². The highest BCUT2D eigenvalue weighted by Gasteiger charge is 2.16. The van der Waals surface area contributed by atoms with Crippen LogP contribution < -0.4 is 11.3 Å². The molecule has 0 bridgehead atoms. The Morgan fingerprint density at radius 3 is 2.71 bits per heavy atom. The Balaban J connectivity index is 2.31. The van der Waals surface area contributed by atoms with Gasteiger partial charge in [0.25, 0.3) is 0 Å². The number of nitrogens with one attached hydrogen (secondary N) is 1. The fraction of sp³-hybridized carbons (Fsp3) is 0.333. The summed E-state index contributed by atoms with van der Waals surface area (Å²) in [6.07, 6.45) is 1.43. The van der Waals surface area contributed by atoms with Gasteiger partial charge in [0.15, 0.2) is 0 Å². The zero-order chi connectivity index (χ0) is 15.4. The fourth-order valence-electron chi connectivity index (χ4n) is 2.27. The first kappa shape index (κ1) is 16.0.